The lowest BCUT2D eigenvalue weighted by Gasteiger charge is -2.11. The van der Waals surface area contributed by atoms with E-state index in [1.165, 1.54) is 13.2 Å². The zero-order chi connectivity index (χ0) is 12.3. The van der Waals surface area contributed by atoms with Crippen LogP contribution in [0.4, 0.5) is 10.1 Å². The molecule has 0 radical (unpaired) electrons. The van der Waals surface area contributed by atoms with Crippen LogP contribution in [0.15, 0.2) is 12.1 Å². The van der Waals surface area contributed by atoms with Gasteiger partial charge >= 0.3 is 5.97 Å². The van der Waals surface area contributed by atoms with Crippen LogP contribution in [0.25, 0.3) is 0 Å². The van der Waals surface area contributed by atoms with Crippen LogP contribution in [-0.4, -0.2) is 19.1 Å². The first-order valence-electron chi connectivity index (χ1n) is 4.83. The molecule has 0 aliphatic heterocycles. The lowest BCUT2D eigenvalue weighted by Crippen LogP contribution is -2.34. The smallest absolute Gasteiger partial charge is 0.322 e. The third kappa shape index (κ3) is 2.70. The predicted octanol–water partition coefficient (Wildman–Crippen LogP) is 0.759. The van der Waals surface area contributed by atoms with Gasteiger partial charge in [0.1, 0.15) is 11.9 Å². The molecular formula is C11H15FN2O2. The van der Waals surface area contributed by atoms with Crippen LogP contribution in [-0.2, 0) is 16.0 Å². The van der Waals surface area contributed by atoms with Crippen LogP contribution < -0.4 is 11.5 Å². The zero-order valence-corrected chi connectivity index (χ0v) is 9.29. The minimum absolute atomic E-state index is 0.0969. The number of ether oxygens (including phenoxy) is 1. The number of nitrogens with two attached hydrogens (primary N) is 2. The van der Waals surface area contributed by atoms with Crippen LogP contribution >= 0.6 is 0 Å². The van der Waals surface area contributed by atoms with Crippen LogP contribution in [0.3, 0.4) is 0 Å². The second-order valence-corrected chi connectivity index (χ2v) is 3.63. The molecule has 0 heterocycles. The first kappa shape index (κ1) is 12.4. The molecule has 0 bridgehead atoms. The van der Waals surface area contributed by atoms with Gasteiger partial charge in [0.2, 0.25) is 0 Å². The Morgan fingerprint density at radius 2 is 2.19 bits per heavy atom. The number of hydrogen-bond acceptors (Lipinski definition) is 4. The van der Waals surface area contributed by atoms with E-state index in [4.69, 9.17) is 11.5 Å². The van der Waals surface area contributed by atoms with E-state index in [-0.39, 0.29) is 6.42 Å². The van der Waals surface area contributed by atoms with Gasteiger partial charge in [0, 0.05) is 12.1 Å². The molecule has 0 saturated carbocycles. The first-order valence-corrected chi connectivity index (χ1v) is 4.83. The zero-order valence-electron chi connectivity index (χ0n) is 9.29. The summed E-state index contributed by atoms with van der Waals surface area (Å²) < 4.78 is 17.9. The van der Waals surface area contributed by atoms with Gasteiger partial charge in [-0.25, -0.2) is 4.39 Å². The van der Waals surface area contributed by atoms with Crippen molar-refractivity contribution < 1.29 is 13.9 Å². The van der Waals surface area contributed by atoms with Gasteiger partial charge in [0.15, 0.2) is 0 Å². The van der Waals surface area contributed by atoms with E-state index in [2.05, 4.69) is 4.74 Å². The Morgan fingerprint density at radius 1 is 1.56 bits per heavy atom. The number of benzene rings is 1. The van der Waals surface area contributed by atoms with E-state index >= 15 is 0 Å². The molecule has 16 heavy (non-hydrogen) atoms. The molecule has 0 aliphatic rings. The monoisotopic (exact) mass is 226 g/mol. The molecule has 5 heteroatoms. The molecular weight excluding hydrogens is 211 g/mol. The molecule has 0 unspecified atom stereocenters. The van der Waals surface area contributed by atoms with Crippen molar-refractivity contribution in [2.75, 3.05) is 12.8 Å². The molecule has 4 N–H and O–H groups in total. The van der Waals surface area contributed by atoms with Gasteiger partial charge in [0.05, 0.1) is 7.11 Å². The quantitative estimate of drug-likeness (QED) is 0.589. The Kier molecular flexibility index (Phi) is 3.84. The molecule has 0 spiro atoms. The summed E-state index contributed by atoms with van der Waals surface area (Å²) in [6.07, 6.45) is 0.0969. The third-order valence-electron chi connectivity index (χ3n) is 2.38. The number of nitrogen functional groups attached to an aromatic ring is 1. The molecule has 0 saturated heterocycles. The summed E-state index contributed by atoms with van der Waals surface area (Å²) in [6.45, 7) is 1.77. The Morgan fingerprint density at radius 3 is 2.75 bits per heavy atom. The van der Waals surface area contributed by atoms with Crippen LogP contribution in [0, 0.1) is 12.7 Å². The highest BCUT2D eigenvalue weighted by molar-refractivity contribution is 5.75. The number of carbonyl (C=O) groups is 1. The third-order valence-corrected chi connectivity index (χ3v) is 2.38. The van der Waals surface area contributed by atoms with Crippen molar-refractivity contribution in [3.8, 4) is 0 Å². The minimum atomic E-state index is -0.859. The van der Waals surface area contributed by atoms with Gasteiger partial charge in [-0.3, -0.25) is 4.79 Å². The van der Waals surface area contributed by atoms with Crippen molar-refractivity contribution in [3.63, 3.8) is 0 Å². The summed E-state index contributed by atoms with van der Waals surface area (Å²) >= 11 is 0. The SMILES string of the molecule is COC(=O)[C@@H](N)Cc1cc(C)c(N)cc1F. The first-order chi connectivity index (χ1) is 7.45. The number of halogens is 1. The van der Waals surface area contributed by atoms with Gasteiger partial charge in [-0.05, 0) is 24.1 Å². The lowest BCUT2D eigenvalue weighted by molar-refractivity contribution is -0.142. The van der Waals surface area contributed by atoms with Crippen molar-refractivity contribution in [2.24, 2.45) is 5.73 Å². The molecule has 1 aromatic carbocycles. The predicted molar refractivity (Wildman–Crippen MR) is 59.2 cm³/mol. The summed E-state index contributed by atoms with van der Waals surface area (Å²) in [5.74, 6) is -1.02. The lowest BCUT2D eigenvalue weighted by atomic mass is 10.0. The minimum Gasteiger partial charge on any atom is -0.468 e. The maximum absolute atomic E-state index is 13.5. The molecule has 0 amide bonds. The summed E-state index contributed by atoms with van der Waals surface area (Å²) in [7, 11) is 1.24. The normalized spacial score (nSPS) is 12.2. The second kappa shape index (κ2) is 4.94. The fourth-order valence-electron chi connectivity index (χ4n) is 1.38. The average molecular weight is 226 g/mol. The fraction of sp³-hybridized carbons (Fsp3) is 0.364. The molecule has 88 valence electrons. The number of hydrogen-bond donors (Lipinski definition) is 2. The molecule has 1 rings (SSSR count). The molecule has 0 aromatic heterocycles. The average Bonchev–Trinajstić information content (AvgIpc) is 2.24. The van der Waals surface area contributed by atoms with Gasteiger partial charge in [-0.1, -0.05) is 6.07 Å². The topological polar surface area (TPSA) is 78.3 Å². The largest absolute Gasteiger partial charge is 0.468 e. The Balaban J connectivity index is 2.89. The van der Waals surface area contributed by atoms with E-state index in [0.29, 0.717) is 11.3 Å². The fourth-order valence-corrected chi connectivity index (χ4v) is 1.38. The highest BCUT2D eigenvalue weighted by Gasteiger charge is 2.17. The van der Waals surface area contributed by atoms with Gasteiger partial charge in [0.25, 0.3) is 0 Å². The van der Waals surface area contributed by atoms with Crippen molar-refractivity contribution >= 4 is 11.7 Å². The van der Waals surface area contributed by atoms with Gasteiger partial charge < -0.3 is 16.2 Å². The van der Waals surface area contributed by atoms with Gasteiger partial charge in [-0.2, -0.15) is 0 Å². The number of rotatable bonds is 3. The highest BCUT2D eigenvalue weighted by Crippen LogP contribution is 2.18. The standard InChI is InChI=1S/C11H15FN2O2/c1-6-3-7(8(12)5-9(6)13)4-10(14)11(15)16-2/h3,5,10H,4,13-14H2,1-2H3/t10-/m0/s1. The number of anilines is 1. The van der Waals surface area contributed by atoms with Crippen LogP contribution in [0.5, 0.6) is 0 Å². The number of carbonyl (C=O) groups excluding carboxylic acids is 1. The van der Waals surface area contributed by atoms with Crippen molar-refractivity contribution in [1.82, 2.24) is 0 Å². The van der Waals surface area contributed by atoms with Gasteiger partial charge in [-0.15, -0.1) is 0 Å². The maximum atomic E-state index is 13.5. The summed E-state index contributed by atoms with van der Waals surface area (Å²) in [5, 5.41) is 0. The van der Waals surface area contributed by atoms with Crippen molar-refractivity contribution in [3.05, 3.63) is 29.1 Å². The highest BCUT2D eigenvalue weighted by atomic mass is 19.1. The van der Waals surface area contributed by atoms with E-state index in [9.17, 15) is 9.18 Å². The molecule has 0 fully saturated rings. The Labute approximate surface area is 93.4 Å². The maximum Gasteiger partial charge on any atom is 0.322 e. The van der Waals surface area contributed by atoms with E-state index < -0.39 is 17.8 Å². The van der Waals surface area contributed by atoms with Crippen LogP contribution in [0.1, 0.15) is 11.1 Å². The second-order valence-electron chi connectivity index (χ2n) is 3.63. The molecule has 1 atom stereocenters. The summed E-state index contributed by atoms with van der Waals surface area (Å²) in [5.41, 5.74) is 12.6. The Bertz CT molecular complexity index is 407. The Hall–Kier alpha value is -1.62. The summed E-state index contributed by atoms with van der Waals surface area (Å²) in [6, 6.07) is 1.96. The number of esters is 1. The van der Waals surface area contributed by atoms with Crippen molar-refractivity contribution in [2.45, 2.75) is 19.4 Å². The number of aryl methyl sites for hydroxylation is 1. The summed E-state index contributed by atoms with van der Waals surface area (Å²) in [4.78, 5) is 11.1. The van der Waals surface area contributed by atoms with Crippen LogP contribution in [0.2, 0.25) is 0 Å². The molecule has 0 aliphatic carbocycles. The van der Waals surface area contributed by atoms with E-state index in [0.717, 1.165) is 5.56 Å². The van der Waals surface area contributed by atoms with E-state index in [1.54, 1.807) is 13.0 Å². The molecule has 1 aromatic rings. The number of methoxy groups -OCH3 is 1. The molecule has 4 nitrogen and oxygen atoms in total. The van der Waals surface area contributed by atoms with E-state index in [1.807, 2.05) is 0 Å². The van der Waals surface area contributed by atoms with Crippen molar-refractivity contribution in [1.29, 1.82) is 0 Å².